The molecule has 1 atom stereocenters. The predicted octanol–water partition coefficient (Wildman–Crippen LogP) is 1.01. The molecule has 2 heterocycles. The van der Waals surface area contributed by atoms with Gasteiger partial charge in [0.05, 0.1) is 35.2 Å². The standard InChI is InChI=1S/C16H20BrN3O5S/c1-10(21)6-11-9-25-5-4-20(11)26(23,24)15-8-14-13(7-12(15)17)18(2)16(22)19(14)3/h7-8,11H,4-6,9H2,1-3H3/t11-/m1/s1. The summed E-state index contributed by atoms with van der Waals surface area (Å²) < 4.78 is 36.5. The fraction of sp³-hybridized carbons (Fsp3) is 0.500. The van der Waals surface area contributed by atoms with E-state index in [1.165, 1.54) is 26.4 Å². The molecule has 0 amide bonds. The highest BCUT2D eigenvalue weighted by Gasteiger charge is 2.36. The van der Waals surface area contributed by atoms with Gasteiger partial charge in [0.1, 0.15) is 5.78 Å². The van der Waals surface area contributed by atoms with Gasteiger partial charge in [0.15, 0.2) is 0 Å². The van der Waals surface area contributed by atoms with Crippen LogP contribution in [0.3, 0.4) is 0 Å². The Hall–Kier alpha value is -1.49. The quantitative estimate of drug-likeness (QED) is 0.700. The van der Waals surface area contributed by atoms with Gasteiger partial charge in [-0.25, -0.2) is 13.2 Å². The van der Waals surface area contributed by atoms with Gasteiger partial charge in [-0.1, -0.05) is 0 Å². The first-order chi connectivity index (χ1) is 12.1. The van der Waals surface area contributed by atoms with Crippen molar-refractivity contribution in [3.63, 3.8) is 0 Å². The summed E-state index contributed by atoms with van der Waals surface area (Å²) in [4.78, 5) is 23.7. The number of sulfonamides is 1. The molecule has 0 bridgehead atoms. The van der Waals surface area contributed by atoms with Gasteiger partial charge in [0, 0.05) is 31.5 Å². The highest BCUT2D eigenvalue weighted by molar-refractivity contribution is 9.10. The van der Waals surface area contributed by atoms with Crippen LogP contribution in [0.2, 0.25) is 0 Å². The maximum Gasteiger partial charge on any atom is 0.328 e. The summed E-state index contributed by atoms with van der Waals surface area (Å²) in [5, 5.41) is 0. The van der Waals surface area contributed by atoms with E-state index < -0.39 is 16.1 Å². The number of benzene rings is 1. The van der Waals surface area contributed by atoms with E-state index in [-0.39, 0.29) is 42.5 Å². The molecule has 142 valence electrons. The minimum atomic E-state index is -3.87. The molecule has 2 aromatic rings. The Kier molecular flexibility index (Phi) is 5.13. The lowest BCUT2D eigenvalue weighted by Gasteiger charge is -2.34. The molecule has 8 nitrogen and oxygen atoms in total. The number of aromatic nitrogens is 2. The molecule has 1 aliphatic heterocycles. The maximum atomic E-state index is 13.3. The smallest absolute Gasteiger partial charge is 0.328 e. The SMILES string of the molecule is CC(=O)C[C@@H]1COCCN1S(=O)(=O)c1cc2c(cc1Br)n(C)c(=O)n2C. The number of carbonyl (C=O) groups excluding carboxylic acids is 1. The first-order valence-electron chi connectivity index (χ1n) is 8.08. The average molecular weight is 446 g/mol. The van der Waals surface area contributed by atoms with Crippen molar-refractivity contribution in [2.24, 2.45) is 14.1 Å². The van der Waals surface area contributed by atoms with Crippen molar-refractivity contribution in [3.05, 3.63) is 27.1 Å². The number of morpholine rings is 1. The molecule has 26 heavy (non-hydrogen) atoms. The molecule has 1 fully saturated rings. The van der Waals surface area contributed by atoms with E-state index in [1.807, 2.05) is 0 Å². The fourth-order valence-corrected chi connectivity index (χ4v) is 5.88. The molecule has 10 heteroatoms. The number of fused-ring (bicyclic) bond motifs is 1. The first kappa shape index (κ1) is 19.3. The second-order valence-corrected chi connectivity index (χ2v) is 9.14. The van der Waals surface area contributed by atoms with Crippen LogP contribution in [-0.4, -0.2) is 53.4 Å². The van der Waals surface area contributed by atoms with Crippen molar-refractivity contribution in [1.29, 1.82) is 0 Å². The van der Waals surface area contributed by atoms with E-state index >= 15 is 0 Å². The number of nitrogens with zero attached hydrogens (tertiary/aromatic N) is 3. The van der Waals surface area contributed by atoms with Crippen molar-refractivity contribution >= 4 is 42.8 Å². The van der Waals surface area contributed by atoms with E-state index in [1.54, 1.807) is 20.2 Å². The van der Waals surface area contributed by atoms with Gasteiger partial charge >= 0.3 is 5.69 Å². The monoisotopic (exact) mass is 445 g/mol. The Bertz CT molecular complexity index is 1040. The molecule has 1 aliphatic rings. The molecule has 1 saturated heterocycles. The molecule has 0 N–H and O–H groups in total. The summed E-state index contributed by atoms with van der Waals surface area (Å²) in [6, 6.07) is 2.59. The number of halogens is 1. The predicted molar refractivity (Wildman–Crippen MR) is 99.7 cm³/mol. The van der Waals surface area contributed by atoms with E-state index in [0.29, 0.717) is 15.5 Å². The van der Waals surface area contributed by atoms with E-state index in [0.717, 1.165) is 0 Å². The van der Waals surface area contributed by atoms with Gasteiger partial charge in [0.2, 0.25) is 10.0 Å². The Balaban J connectivity index is 2.14. The van der Waals surface area contributed by atoms with Crippen LogP contribution >= 0.6 is 15.9 Å². The highest BCUT2D eigenvalue weighted by Crippen LogP contribution is 2.31. The van der Waals surface area contributed by atoms with Crippen molar-refractivity contribution in [1.82, 2.24) is 13.4 Å². The maximum absolute atomic E-state index is 13.3. The van der Waals surface area contributed by atoms with E-state index in [2.05, 4.69) is 15.9 Å². The normalized spacial score (nSPS) is 19.2. The van der Waals surface area contributed by atoms with Crippen LogP contribution in [0.15, 0.2) is 26.3 Å². The number of imidazole rings is 1. The second-order valence-electron chi connectivity index (χ2n) is 6.42. The van der Waals surface area contributed by atoms with Crippen molar-refractivity contribution < 1.29 is 17.9 Å². The molecule has 0 aliphatic carbocycles. The zero-order valence-electron chi connectivity index (χ0n) is 14.7. The van der Waals surface area contributed by atoms with Crippen molar-refractivity contribution in [3.8, 4) is 0 Å². The summed E-state index contributed by atoms with van der Waals surface area (Å²) in [6.45, 7) is 2.07. The number of Topliss-reactive ketones (excluding diaryl/α,β-unsaturated/α-hetero) is 1. The van der Waals surface area contributed by atoms with E-state index in [4.69, 9.17) is 4.74 Å². The number of hydrogen-bond acceptors (Lipinski definition) is 5. The Labute approximate surface area is 159 Å². The third kappa shape index (κ3) is 3.15. The largest absolute Gasteiger partial charge is 0.378 e. The summed E-state index contributed by atoms with van der Waals surface area (Å²) in [7, 11) is -0.635. The Morgan fingerprint density at radius 1 is 1.27 bits per heavy atom. The molecule has 0 spiro atoms. The van der Waals surface area contributed by atoms with Gasteiger partial charge < -0.3 is 4.74 Å². The van der Waals surface area contributed by atoms with Crippen LogP contribution in [0.1, 0.15) is 13.3 Å². The van der Waals surface area contributed by atoms with Gasteiger partial charge in [-0.3, -0.25) is 13.9 Å². The molecule has 0 saturated carbocycles. The minimum Gasteiger partial charge on any atom is -0.378 e. The van der Waals surface area contributed by atoms with Crippen LogP contribution in [-0.2, 0) is 33.7 Å². The first-order valence-corrected chi connectivity index (χ1v) is 10.3. The summed E-state index contributed by atoms with van der Waals surface area (Å²) in [6.07, 6.45) is 0.100. The highest BCUT2D eigenvalue weighted by atomic mass is 79.9. The van der Waals surface area contributed by atoms with Crippen molar-refractivity contribution in [2.45, 2.75) is 24.3 Å². The van der Waals surface area contributed by atoms with Crippen LogP contribution in [0.5, 0.6) is 0 Å². The number of ketones is 1. The minimum absolute atomic E-state index is 0.0710. The lowest BCUT2D eigenvalue weighted by Crippen LogP contribution is -2.49. The van der Waals surface area contributed by atoms with Crippen LogP contribution in [0.4, 0.5) is 0 Å². The topological polar surface area (TPSA) is 90.6 Å². The molecule has 1 aromatic carbocycles. The van der Waals surface area contributed by atoms with Gasteiger partial charge in [0.25, 0.3) is 0 Å². The second kappa shape index (κ2) is 6.91. The number of carbonyl (C=O) groups is 1. The lowest BCUT2D eigenvalue weighted by atomic mass is 10.1. The summed E-state index contributed by atoms with van der Waals surface area (Å²) in [5.41, 5.74) is 0.920. The molecule has 0 radical (unpaired) electrons. The molecular formula is C16H20BrN3O5S. The Morgan fingerprint density at radius 3 is 2.50 bits per heavy atom. The number of aryl methyl sites for hydroxylation is 2. The molecule has 0 unspecified atom stereocenters. The number of hydrogen-bond donors (Lipinski definition) is 0. The lowest BCUT2D eigenvalue weighted by molar-refractivity contribution is -0.118. The van der Waals surface area contributed by atoms with E-state index in [9.17, 15) is 18.0 Å². The third-order valence-electron chi connectivity index (χ3n) is 4.61. The number of ether oxygens (including phenoxy) is 1. The van der Waals surface area contributed by atoms with Crippen molar-refractivity contribution in [2.75, 3.05) is 19.8 Å². The number of rotatable bonds is 4. The van der Waals surface area contributed by atoms with Gasteiger partial charge in [-0.15, -0.1) is 0 Å². The zero-order chi connectivity index (χ0) is 19.2. The summed E-state index contributed by atoms with van der Waals surface area (Å²) in [5.74, 6) is -0.0966. The molecule has 1 aromatic heterocycles. The fourth-order valence-electron chi connectivity index (χ4n) is 3.27. The average Bonchev–Trinajstić information content (AvgIpc) is 2.78. The molecular weight excluding hydrogens is 426 g/mol. The third-order valence-corrected chi connectivity index (χ3v) is 7.52. The van der Waals surface area contributed by atoms with Crippen LogP contribution in [0.25, 0.3) is 11.0 Å². The summed E-state index contributed by atoms with van der Waals surface area (Å²) >= 11 is 3.33. The zero-order valence-corrected chi connectivity index (χ0v) is 17.1. The Morgan fingerprint density at radius 2 is 1.88 bits per heavy atom. The van der Waals surface area contributed by atoms with Gasteiger partial charge in [-0.2, -0.15) is 4.31 Å². The van der Waals surface area contributed by atoms with Crippen LogP contribution in [0, 0.1) is 0 Å². The molecule has 3 rings (SSSR count). The van der Waals surface area contributed by atoms with Gasteiger partial charge in [-0.05, 0) is 35.0 Å². The van der Waals surface area contributed by atoms with Crippen LogP contribution < -0.4 is 5.69 Å².